The Morgan fingerprint density at radius 1 is 1.54 bits per heavy atom. The van der Waals surface area contributed by atoms with Crippen LogP contribution in [-0.4, -0.2) is 11.2 Å². The van der Waals surface area contributed by atoms with Crippen molar-refractivity contribution in [3.8, 4) is 0 Å². The van der Waals surface area contributed by atoms with Crippen molar-refractivity contribution in [2.75, 3.05) is 0 Å². The van der Waals surface area contributed by atoms with E-state index in [1.165, 1.54) is 12.1 Å². The number of carbonyl (C=O) groups excluding carboxylic acids is 1. The van der Waals surface area contributed by atoms with Gasteiger partial charge in [0.2, 0.25) is 0 Å². The molecule has 0 aliphatic heterocycles. The average molecular weight is 244 g/mol. The van der Waals surface area contributed by atoms with Gasteiger partial charge in [-0.3, -0.25) is 14.9 Å². The van der Waals surface area contributed by atoms with E-state index in [2.05, 4.69) is 15.9 Å². The second kappa shape index (κ2) is 4.13. The van der Waals surface area contributed by atoms with Gasteiger partial charge in [0.05, 0.1) is 10.5 Å². The Kier molecular flexibility index (Phi) is 3.13. The van der Waals surface area contributed by atoms with Crippen molar-refractivity contribution in [2.24, 2.45) is 0 Å². The molecule has 0 aromatic heterocycles. The van der Waals surface area contributed by atoms with Gasteiger partial charge in [-0.2, -0.15) is 0 Å². The van der Waals surface area contributed by atoms with Crippen LogP contribution in [0.25, 0.3) is 0 Å². The fourth-order valence-electron chi connectivity index (χ4n) is 0.930. The molecule has 0 heterocycles. The molecule has 0 aliphatic carbocycles. The van der Waals surface area contributed by atoms with Crippen molar-refractivity contribution in [1.29, 1.82) is 0 Å². The van der Waals surface area contributed by atoms with Crippen molar-refractivity contribution < 1.29 is 9.72 Å². The summed E-state index contributed by atoms with van der Waals surface area (Å²) < 4.78 is 0. The number of alkyl halides is 1. The first-order valence-corrected chi connectivity index (χ1v) is 4.59. The first kappa shape index (κ1) is 9.85. The van der Waals surface area contributed by atoms with Gasteiger partial charge in [-0.15, -0.1) is 0 Å². The van der Waals surface area contributed by atoms with Crippen molar-refractivity contribution in [3.63, 3.8) is 0 Å². The Morgan fingerprint density at radius 3 is 2.69 bits per heavy atom. The highest BCUT2D eigenvalue weighted by Crippen LogP contribution is 2.19. The summed E-state index contributed by atoms with van der Waals surface area (Å²) in [6, 6.07) is 4.51. The van der Waals surface area contributed by atoms with Crippen LogP contribution in [0.4, 0.5) is 5.69 Å². The Bertz CT molecular complexity index is 351. The minimum absolute atomic E-state index is 0.106. The lowest BCUT2D eigenvalue weighted by Gasteiger charge is -1.97. The lowest BCUT2D eigenvalue weighted by atomic mass is 10.1. The molecule has 0 atom stereocenters. The van der Waals surface area contributed by atoms with E-state index in [9.17, 15) is 14.9 Å². The quantitative estimate of drug-likeness (QED) is 0.354. The van der Waals surface area contributed by atoms with Gasteiger partial charge >= 0.3 is 0 Å². The number of carbonyl (C=O) groups is 1. The van der Waals surface area contributed by atoms with Crippen LogP contribution in [0.1, 0.15) is 15.9 Å². The predicted molar refractivity (Wildman–Crippen MR) is 51.1 cm³/mol. The summed E-state index contributed by atoms with van der Waals surface area (Å²) in [5.74, 6) is 0. The SMILES string of the molecule is O=Cc1ccc(CBr)cc1[N+](=O)[O-]. The number of benzene rings is 1. The Balaban J connectivity index is 3.25. The van der Waals surface area contributed by atoms with Gasteiger partial charge in [-0.1, -0.05) is 22.0 Å². The highest BCUT2D eigenvalue weighted by atomic mass is 79.9. The molecule has 0 saturated carbocycles. The van der Waals surface area contributed by atoms with Gasteiger partial charge in [0, 0.05) is 11.4 Å². The Hall–Kier alpha value is -1.23. The lowest BCUT2D eigenvalue weighted by molar-refractivity contribution is -0.385. The predicted octanol–water partition coefficient (Wildman–Crippen LogP) is 2.30. The van der Waals surface area contributed by atoms with Crippen LogP contribution < -0.4 is 0 Å². The van der Waals surface area contributed by atoms with Crippen LogP contribution in [0.5, 0.6) is 0 Å². The molecule has 0 amide bonds. The van der Waals surface area contributed by atoms with Crippen LogP contribution in [0.2, 0.25) is 0 Å². The van der Waals surface area contributed by atoms with E-state index >= 15 is 0 Å². The normalized spacial score (nSPS) is 9.62. The fourth-order valence-corrected chi connectivity index (χ4v) is 1.28. The smallest absolute Gasteiger partial charge is 0.280 e. The van der Waals surface area contributed by atoms with Crippen LogP contribution >= 0.6 is 15.9 Å². The number of nitrogens with zero attached hydrogens (tertiary/aromatic N) is 1. The first-order valence-electron chi connectivity index (χ1n) is 3.47. The zero-order valence-electron chi connectivity index (χ0n) is 6.57. The van der Waals surface area contributed by atoms with Gasteiger partial charge in [-0.25, -0.2) is 0 Å². The van der Waals surface area contributed by atoms with Crippen molar-refractivity contribution in [1.82, 2.24) is 0 Å². The number of hydrogen-bond acceptors (Lipinski definition) is 3. The fraction of sp³-hybridized carbons (Fsp3) is 0.125. The zero-order valence-corrected chi connectivity index (χ0v) is 8.15. The van der Waals surface area contributed by atoms with Gasteiger partial charge in [0.1, 0.15) is 0 Å². The van der Waals surface area contributed by atoms with Crippen LogP contribution in [0.3, 0.4) is 0 Å². The molecule has 68 valence electrons. The summed E-state index contributed by atoms with van der Waals surface area (Å²) >= 11 is 3.18. The standard InChI is InChI=1S/C8H6BrNO3/c9-4-6-1-2-7(5-11)8(3-6)10(12)13/h1-3,5H,4H2. The molecule has 0 saturated heterocycles. The van der Waals surface area contributed by atoms with Crippen LogP contribution in [-0.2, 0) is 5.33 Å². The van der Waals surface area contributed by atoms with Crippen molar-refractivity contribution in [3.05, 3.63) is 39.4 Å². The van der Waals surface area contributed by atoms with Gasteiger partial charge < -0.3 is 0 Å². The number of nitro groups is 1. The molecule has 0 aliphatic rings. The molecule has 1 rings (SSSR count). The van der Waals surface area contributed by atoms with E-state index in [1.807, 2.05) is 0 Å². The molecule has 0 radical (unpaired) electrons. The summed E-state index contributed by atoms with van der Waals surface area (Å²) in [7, 11) is 0. The number of aldehydes is 1. The molecule has 1 aromatic rings. The maximum Gasteiger partial charge on any atom is 0.280 e. The van der Waals surface area contributed by atoms with E-state index in [1.54, 1.807) is 6.07 Å². The van der Waals surface area contributed by atoms with E-state index in [0.717, 1.165) is 5.56 Å². The molecule has 0 N–H and O–H groups in total. The van der Waals surface area contributed by atoms with Crippen LogP contribution in [0, 0.1) is 10.1 Å². The summed E-state index contributed by atoms with van der Waals surface area (Å²) in [6.07, 6.45) is 0.482. The Labute approximate surface area is 82.8 Å². The summed E-state index contributed by atoms with van der Waals surface area (Å²) in [5, 5.41) is 11.0. The van der Waals surface area contributed by atoms with Crippen LogP contribution in [0.15, 0.2) is 18.2 Å². The molecule has 0 bridgehead atoms. The van der Waals surface area contributed by atoms with Gasteiger partial charge in [-0.05, 0) is 11.6 Å². The van der Waals surface area contributed by atoms with E-state index in [-0.39, 0.29) is 11.3 Å². The second-order valence-electron chi connectivity index (χ2n) is 2.40. The molecule has 5 heteroatoms. The summed E-state index contributed by atoms with van der Waals surface area (Å²) in [4.78, 5) is 20.3. The molecule has 4 nitrogen and oxygen atoms in total. The minimum Gasteiger partial charge on any atom is -0.298 e. The third-order valence-corrected chi connectivity index (χ3v) is 2.22. The minimum atomic E-state index is -0.560. The summed E-state index contributed by atoms with van der Waals surface area (Å²) in [5.41, 5.74) is 0.735. The molecular formula is C8H6BrNO3. The van der Waals surface area contributed by atoms with E-state index in [4.69, 9.17) is 0 Å². The third kappa shape index (κ3) is 2.12. The number of halogens is 1. The maximum absolute atomic E-state index is 10.5. The lowest BCUT2D eigenvalue weighted by Crippen LogP contribution is -1.95. The molecule has 0 fully saturated rings. The largest absolute Gasteiger partial charge is 0.298 e. The summed E-state index contributed by atoms with van der Waals surface area (Å²) in [6.45, 7) is 0. The number of nitro benzene ring substituents is 1. The maximum atomic E-state index is 10.5. The second-order valence-corrected chi connectivity index (χ2v) is 2.96. The molecule has 13 heavy (non-hydrogen) atoms. The van der Waals surface area contributed by atoms with Crippen molar-refractivity contribution in [2.45, 2.75) is 5.33 Å². The zero-order chi connectivity index (χ0) is 9.84. The molecule has 1 aromatic carbocycles. The van der Waals surface area contributed by atoms with E-state index < -0.39 is 4.92 Å². The highest BCUT2D eigenvalue weighted by molar-refractivity contribution is 9.08. The number of rotatable bonds is 3. The number of hydrogen-bond donors (Lipinski definition) is 0. The topological polar surface area (TPSA) is 60.2 Å². The Morgan fingerprint density at radius 2 is 2.23 bits per heavy atom. The van der Waals surface area contributed by atoms with Crippen molar-refractivity contribution >= 4 is 27.9 Å². The molecular weight excluding hydrogens is 238 g/mol. The average Bonchev–Trinajstić information content (AvgIpc) is 2.16. The van der Waals surface area contributed by atoms with Gasteiger partial charge in [0.25, 0.3) is 5.69 Å². The molecule has 0 spiro atoms. The van der Waals surface area contributed by atoms with E-state index in [0.29, 0.717) is 11.6 Å². The first-order chi connectivity index (χ1) is 6.19. The highest BCUT2D eigenvalue weighted by Gasteiger charge is 2.12. The third-order valence-electron chi connectivity index (χ3n) is 1.57. The monoisotopic (exact) mass is 243 g/mol. The van der Waals surface area contributed by atoms with Gasteiger partial charge in [0.15, 0.2) is 6.29 Å². The molecule has 0 unspecified atom stereocenters.